The van der Waals surface area contributed by atoms with Gasteiger partial charge >= 0.3 is 6.03 Å². The molecule has 7 heteroatoms. The fourth-order valence-corrected chi connectivity index (χ4v) is 2.48. The second-order valence-corrected chi connectivity index (χ2v) is 5.43. The van der Waals surface area contributed by atoms with Crippen molar-refractivity contribution >= 4 is 17.6 Å². The number of aliphatic hydroxyl groups excluding tert-OH is 1. The number of nitrogens with zero attached hydrogens (tertiary/aromatic N) is 2. The zero-order valence-corrected chi connectivity index (χ0v) is 13.5. The molecule has 2 N–H and O–H groups in total. The van der Waals surface area contributed by atoms with Gasteiger partial charge in [0.2, 0.25) is 5.91 Å². The van der Waals surface area contributed by atoms with E-state index >= 15 is 0 Å². The third-order valence-electron chi connectivity index (χ3n) is 3.69. The van der Waals surface area contributed by atoms with Crippen LogP contribution in [0.3, 0.4) is 0 Å². The Bertz CT molecular complexity index is 547. The van der Waals surface area contributed by atoms with Crippen LogP contribution in [0.25, 0.3) is 0 Å². The normalized spacial score (nSPS) is 17.3. The molecule has 0 unspecified atom stereocenters. The van der Waals surface area contributed by atoms with E-state index < -0.39 is 0 Å². The number of carbonyl (C=O) groups is 2. The molecule has 1 atom stereocenters. The largest absolute Gasteiger partial charge is 0.494 e. The first-order valence-corrected chi connectivity index (χ1v) is 7.70. The number of rotatable bonds is 6. The molecule has 0 radical (unpaired) electrons. The molecule has 1 heterocycles. The Balaban J connectivity index is 1.95. The molecule has 0 spiro atoms. The third kappa shape index (κ3) is 4.35. The summed E-state index contributed by atoms with van der Waals surface area (Å²) >= 11 is 0. The average Bonchev–Trinajstić information content (AvgIpc) is 2.89. The molecule has 1 aromatic rings. The van der Waals surface area contributed by atoms with Crippen LogP contribution in [0, 0.1) is 0 Å². The van der Waals surface area contributed by atoms with Gasteiger partial charge in [0.15, 0.2) is 0 Å². The van der Waals surface area contributed by atoms with E-state index in [1.165, 1.54) is 4.90 Å². The fraction of sp³-hybridized carbons (Fsp3) is 0.500. The lowest BCUT2D eigenvalue weighted by Crippen LogP contribution is -2.45. The smallest absolute Gasteiger partial charge is 0.317 e. The van der Waals surface area contributed by atoms with Gasteiger partial charge in [0.25, 0.3) is 0 Å². The van der Waals surface area contributed by atoms with Gasteiger partial charge in [-0.25, -0.2) is 4.79 Å². The molecule has 126 valence electrons. The maximum Gasteiger partial charge on any atom is 0.317 e. The van der Waals surface area contributed by atoms with Gasteiger partial charge in [0.1, 0.15) is 5.75 Å². The van der Waals surface area contributed by atoms with E-state index in [1.54, 1.807) is 11.9 Å². The molecule has 2 rings (SSSR count). The molecule has 0 bridgehead atoms. The highest BCUT2D eigenvalue weighted by Crippen LogP contribution is 2.24. The van der Waals surface area contributed by atoms with Gasteiger partial charge in [0, 0.05) is 32.2 Å². The van der Waals surface area contributed by atoms with Crippen molar-refractivity contribution in [2.24, 2.45) is 0 Å². The van der Waals surface area contributed by atoms with Gasteiger partial charge in [-0.2, -0.15) is 0 Å². The number of nitrogens with one attached hydrogen (secondary N) is 1. The number of benzene rings is 1. The van der Waals surface area contributed by atoms with Gasteiger partial charge in [-0.3, -0.25) is 4.79 Å². The highest BCUT2D eigenvalue weighted by molar-refractivity contribution is 5.96. The molecule has 0 saturated carbocycles. The Morgan fingerprint density at radius 1 is 1.43 bits per heavy atom. The van der Waals surface area contributed by atoms with Crippen molar-refractivity contribution < 1.29 is 19.4 Å². The summed E-state index contributed by atoms with van der Waals surface area (Å²) in [5, 5.41) is 11.7. The number of urea groups is 1. The number of amides is 3. The lowest BCUT2D eigenvalue weighted by Gasteiger charge is -2.21. The molecule has 0 aliphatic carbocycles. The van der Waals surface area contributed by atoms with Crippen LogP contribution in [0.15, 0.2) is 24.3 Å². The van der Waals surface area contributed by atoms with Crippen molar-refractivity contribution in [3.05, 3.63) is 24.3 Å². The highest BCUT2D eigenvalue weighted by atomic mass is 16.5. The predicted octanol–water partition coefficient (Wildman–Crippen LogP) is 0.824. The standard InChI is InChI=1S/C16H23N3O4/c1-3-23-14-6-4-13(5-7-14)19-11-12(10-15(19)21)17-16(22)18(2)8-9-20/h4-7,12,20H,3,8-11H2,1-2H3,(H,17,22)/t12-/m1/s1. The van der Waals surface area contributed by atoms with Crippen LogP contribution in [-0.4, -0.2) is 61.3 Å². The van der Waals surface area contributed by atoms with E-state index in [1.807, 2.05) is 31.2 Å². The molecular formula is C16H23N3O4. The summed E-state index contributed by atoms with van der Waals surface area (Å²) in [6, 6.07) is 6.81. The number of hydrogen-bond donors (Lipinski definition) is 2. The van der Waals surface area contributed by atoms with Crippen LogP contribution in [0.2, 0.25) is 0 Å². The first kappa shape index (κ1) is 17.1. The minimum absolute atomic E-state index is 0.0238. The summed E-state index contributed by atoms with van der Waals surface area (Å²) in [6.07, 6.45) is 0.270. The molecule has 0 aromatic heterocycles. The Kier molecular flexibility index (Phi) is 5.81. The van der Waals surface area contributed by atoms with E-state index in [4.69, 9.17) is 9.84 Å². The summed E-state index contributed by atoms with van der Waals surface area (Å²) in [7, 11) is 1.60. The Labute approximate surface area is 135 Å². The fourth-order valence-electron chi connectivity index (χ4n) is 2.48. The van der Waals surface area contributed by atoms with E-state index in [-0.39, 0.29) is 37.6 Å². The van der Waals surface area contributed by atoms with Gasteiger partial charge in [0.05, 0.1) is 19.3 Å². The molecule has 1 aliphatic rings. The number of carbonyl (C=O) groups excluding carboxylic acids is 2. The van der Waals surface area contributed by atoms with Gasteiger partial charge in [-0.05, 0) is 31.2 Å². The number of aliphatic hydroxyl groups is 1. The number of ether oxygens (including phenoxy) is 1. The minimum Gasteiger partial charge on any atom is -0.494 e. The molecule has 1 aromatic carbocycles. The number of anilines is 1. The van der Waals surface area contributed by atoms with E-state index in [9.17, 15) is 9.59 Å². The number of hydrogen-bond acceptors (Lipinski definition) is 4. The summed E-state index contributed by atoms with van der Waals surface area (Å²) in [5.41, 5.74) is 0.791. The summed E-state index contributed by atoms with van der Waals surface area (Å²) in [4.78, 5) is 27.1. The lowest BCUT2D eigenvalue weighted by molar-refractivity contribution is -0.117. The summed E-state index contributed by atoms with van der Waals surface area (Å²) in [5.74, 6) is 0.739. The molecular weight excluding hydrogens is 298 g/mol. The van der Waals surface area contributed by atoms with Crippen molar-refractivity contribution in [2.75, 3.05) is 38.3 Å². The van der Waals surface area contributed by atoms with Crippen molar-refractivity contribution in [2.45, 2.75) is 19.4 Å². The van der Waals surface area contributed by atoms with Crippen LogP contribution in [0.4, 0.5) is 10.5 Å². The lowest BCUT2D eigenvalue weighted by atomic mass is 10.2. The summed E-state index contributed by atoms with van der Waals surface area (Å²) in [6.45, 7) is 3.11. The Morgan fingerprint density at radius 3 is 2.74 bits per heavy atom. The number of likely N-dealkylation sites (N-methyl/N-ethyl adjacent to an activating group) is 1. The van der Waals surface area contributed by atoms with Gasteiger partial charge in [-0.1, -0.05) is 0 Å². The van der Waals surface area contributed by atoms with Crippen LogP contribution in [-0.2, 0) is 4.79 Å². The minimum atomic E-state index is -0.287. The topological polar surface area (TPSA) is 82.1 Å². The van der Waals surface area contributed by atoms with Crippen molar-refractivity contribution in [1.82, 2.24) is 10.2 Å². The van der Waals surface area contributed by atoms with Crippen LogP contribution in [0.1, 0.15) is 13.3 Å². The monoisotopic (exact) mass is 321 g/mol. The zero-order chi connectivity index (χ0) is 16.8. The molecule has 23 heavy (non-hydrogen) atoms. The van der Waals surface area contributed by atoms with E-state index in [0.717, 1.165) is 11.4 Å². The van der Waals surface area contributed by atoms with Crippen molar-refractivity contribution in [1.29, 1.82) is 0 Å². The quantitative estimate of drug-likeness (QED) is 0.813. The van der Waals surface area contributed by atoms with Crippen LogP contribution < -0.4 is 15.0 Å². The van der Waals surface area contributed by atoms with E-state index in [0.29, 0.717) is 13.2 Å². The zero-order valence-electron chi connectivity index (χ0n) is 13.5. The summed E-state index contributed by atoms with van der Waals surface area (Å²) < 4.78 is 5.39. The third-order valence-corrected chi connectivity index (χ3v) is 3.69. The maximum absolute atomic E-state index is 12.2. The second-order valence-electron chi connectivity index (χ2n) is 5.43. The van der Waals surface area contributed by atoms with Crippen LogP contribution in [0.5, 0.6) is 5.75 Å². The van der Waals surface area contributed by atoms with E-state index in [2.05, 4.69) is 5.32 Å². The molecule has 3 amide bonds. The first-order chi connectivity index (χ1) is 11.0. The molecule has 1 fully saturated rings. The van der Waals surface area contributed by atoms with Crippen molar-refractivity contribution in [3.8, 4) is 5.75 Å². The second kappa shape index (κ2) is 7.82. The van der Waals surface area contributed by atoms with Crippen molar-refractivity contribution in [3.63, 3.8) is 0 Å². The highest BCUT2D eigenvalue weighted by Gasteiger charge is 2.32. The Hall–Kier alpha value is -2.28. The molecule has 7 nitrogen and oxygen atoms in total. The molecule has 1 saturated heterocycles. The predicted molar refractivity (Wildman–Crippen MR) is 86.6 cm³/mol. The maximum atomic E-state index is 12.2. The first-order valence-electron chi connectivity index (χ1n) is 7.70. The van der Waals surface area contributed by atoms with Gasteiger partial charge < -0.3 is 25.0 Å². The average molecular weight is 321 g/mol. The Morgan fingerprint density at radius 2 is 2.13 bits per heavy atom. The van der Waals surface area contributed by atoms with Gasteiger partial charge in [-0.15, -0.1) is 0 Å². The molecule has 1 aliphatic heterocycles. The van der Waals surface area contributed by atoms with Crippen LogP contribution >= 0.6 is 0 Å². The SMILES string of the molecule is CCOc1ccc(N2C[C@H](NC(=O)N(C)CCO)CC2=O)cc1.